The first-order valence-electron chi connectivity index (χ1n) is 5.20. The molecule has 0 fully saturated rings. The molecule has 0 amide bonds. The Bertz CT molecular complexity index is 494. The molecule has 0 unspecified atom stereocenters. The second-order valence-corrected chi connectivity index (χ2v) is 3.49. The molecule has 2 rings (SSSR count). The number of H-pyrrole nitrogens is 1. The minimum Gasteiger partial charge on any atom is -0.465 e. The maximum atomic E-state index is 11.5. The molecule has 0 spiro atoms. The number of ether oxygens (including phenoxy) is 1. The van der Waals surface area contributed by atoms with E-state index in [9.17, 15) is 4.79 Å². The van der Waals surface area contributed by atoms with Gasteiger partial charge in [0.15, 0.2) is 0 Å². The van der Waals surface area contributed by atoms with Crippen LogP contribution in [-0.4, -0.2) is 23.3 Å². The number of aromatic nitrogens is 2. The van der Waals surface area contributed by atoms with Crippen molar-refractivity contribution in [1.82, 2.24) is 10.2 Å². The summed E-state index contributed by atoms with van der Waals surface area (Å²) in [5, 5.41) is 9.70. The fraction of sp³-hybridized carbons (Fsp3) is 0.167. The van der Waals surface area contributed by atoms with Crippen LogP contribution in [0.1, 0.15) is 15.9 Å². The molecule has 17 heavy (non-hydrogen) atoms. The van der Waals surface area contributed by atoms with Crippen LogP contribution in [0.3, 0.4) is 0 Å². The lowest BCUT2D eigenvalue weighted by atomic mass is 10.1. The first-order valence-corrected chi connectivity index (χ1v) is 5.20. The predicted molar refractivity (Wildman–Crippen MR) is 63.7 cm³/mol. The van der Waals surface area contributed by atoms with E-state index in [1.54, 1.807) is 18.5 Å². The van der Waals surface area contributed by atoms with Gasteiger partial charge in [-0.05, 0) is 11.6 Å². The third kappa shape index (κ3) is 2.63. The predicted octanol–water partition coefficient (Wildman–Crippen LogP) is 1.81. The average molecular weight is 231 g/mol. The van der Waals surface area contributed by atoms with Gasteiger partial charge in [0.1, 0.15) is 0 Å². The summed E-state index contributed by atoms with van der Waals surface area (Å²) < 4.78 is 4.73. The summed E-state index contributed by atoms with van der Waals surface area (Å²) >= 11 is 0. The zero-order valence-corrected chi connectivity index (χ0v) is 9.43. The quantitative estimate of drug-likeness (QED) is 0.787. The maximum Gasteiger partial charge on any atom is 0.338 e. The zero-order valence-electron chi connectivity index (χ0n) is 9.43. The van der Waals surface area contributed by atoms with Gasteiger partial charge in [0.25, 0.3) is 0 Å². The van der Waals surface area contributed by atoms with Gasteiger partial charge in [-0.1, -0.05) is 18.2 Å². The number of rotatable bonds is 4. The standard InChI is InChI=1S/C12H13N3O2/c1-17-12(16)11-5-3-2-4-9(11)6-13-10-7-14-15-8-10/h2-5,7-8,13H,6H2,1H3,(H,14,15). The highest BCUT2D eigenvalue weighted by Crippen LogP contribution is 2.12. The number of hydrogen-bond acceptors (Lipinski definition) is 4. The van der Waals surface area contributed by atoms with E-state index in [0.29, 0.717) is 12.1 Å². The van der Waals surface area contributed by atoms with Gasteiger partial charge < -0.3 is 10.1 Å². The molecule has 0 aliphatic carbocycles. The van der Waals surface area contributed by atoms with E-state index >= 15 is 0 Å². The smallest absolute Gasteiger partial charge is 0.338 e. The summed E-state index contributed by atoms with van der Waals surface area (Å²) in [5.41, 5.74) is 2.34. The average Bonchev–Trinajstić information content (AvgIpc) is 2.89. The lowest BCUT2D eigenvalue weighted by molar-refractivity contribution is 0.0599. The van der Waals surface area contributed by atoms with Gasteiger partial charge in [0.05, 0.1) is 24.6 Å². The minimum atomic E-state index is -0.324. The number of carbonyl (C=O) groups is 1. The lowest BCUT2D eigenvalue weighted by Crippen LogP contribution is -2.08. The molecule has 1 aromatic carbocycles. The molecule has 0 bridgehead atoms. The second kappa shape index (κ2) is 5.16. The van der Waals surface area contributed by atoms with Gasteiger partial charge in [0.2, 0.25) is 0 Å². The van der Waals surface area contributed by atoms with E-state index in [0.717, 1.165) is 11.3 Å². The van der Waals surface area contributed by atoms with Crippen LogP contribution in [0.2, 0.25) is 0 Å². The summed E-state index contributed by atoms with van der Waals surface area (Å²) in [6.45, 7) is 0.546. The van der Waals surface area contributed by atoms with E-state index < -0.39 is 0 Å². The molecule has 0 saturated carbocycles. The minimum absolute atomic E-state index is 0.324. The summed E-state index contributed by atoms with van der Waals surface area (Å²) in [6, 6.07) is 7.34. The Morgan fingerprint density at radius 1 is 1.47 bits per heavy atom. The van der Waals surface area contributed by atoms with Gasteiger partial charge >= 0.3 is 5.97 Å². The van der Waals surface area contributed by atoms with Gasteiger partial charge in [0, 0.05) is 12.7 Å². The Balaban J connectivity index is 2.12. The number of benzene rings is 1. The molecule has 5 nitrogen and oxygen atoms in total. The van der Waals surface area contributed by atoms with Gasteiger partial charge in [-0.2, -0.15) is 5.10 Å². The Morgan fingerprint density at radius 2 is 2.29 bits per heavy atom. The van der Waals surface area contributed by atoms with Crippen LogP contribution in [0, 0.1) is 0 Å². The van der Waals surface area contributed by atoms with Gasteiger partial charge in [-0.15, -0.1) is 0 Å². The molecule has 0 aliphatic rings. The highest BCUT2D eigenvalue weighted by molar-refractivity contribution is 5.91. The van der Waals surface area contributed by atoms with E-state index in [2.05, 4.69) is 15.5 Å². The van der Waals surface area contributed by atoms with E-state index in [1.807, 2.05) is 18.2 Å². The molecule has 0 atom stereocenters. The van der Waals surface area contributed by atoms with Crippen molar-refractivity contribution in [3.63, 3.8) is 0 Å². The van der Waals surface area contributed by atoms with E-state index in [4.69, 9.17) is 4.74 Å². The number of nitrogens with one attached hydrogen (secondary N) is 2. The number of aromatic amines is 1. The van der Waals surface area contributed by atoms with Crippen molar-refractivity contribution in [2.45, 2.75) is 6.54 Å². The number of esters is 1. The van der Waals surface area contributed by atoms with Crippen molar-refractivity contribution in [2.75, 3.05) is 12.4 Å². The number of nitrogens with zero attached hydrogens (tertiary/aromatic N) is 1. The summed E-state index contributed by atoms with van der Waals surface area (Å²) in [4.78, 5) is 11.5. The summed E-state index contributed by atoms with van der Waals surface area (Å²) in [6.07, 6.45) is 3.43. The molecular formula is C12H13N3O2. The number of carbonyl (C=O) groups excluding carboxylic acids is 1. The number of hydrogen-bond donors (Lipinski definition) is 2. The Labute approximate surface area is 98.8 Å². The third-order valence-corrected chi connectivity index (χ3v) is 2.40. The van der Waals surface area contributed by atoms with Crippen LogP contribution in [0.15, 0.2) is 36.7 Å². The fourth-order valence-corrected chi connectivity index (χ4v) is 1.53. The number of methoxy groups -OCH3 is 1. The normalized spacial score (nSPS) is 9.94. The van der Waals surface area contributed by atoms with Crippen LogP contribution in [0.4, 0.5) is 5.69 Å². The topological polar surface area (TPSA) is 67.0 Å². The fourth-order valence-electron chi connectivity index (χ4n) is 1.53. The summed E-state index contributed by atoms with van der Waals surface area (Å²) in [7, 11) is 1.38. The Morgan fingerprint density at radius 3 is 3.00 bits per heavy atom. The van der Waals surface area contributed by atoms with Gasteiger partial charge in [-0.25, -0.2) is 4.79 Å². The second-order valence-electron chi connectivity index (χ2n) is 3.49. The van der Waals surface area contributed by atoms with E-state index in [-0.39, 0.29) is 5.97 Å². The molecule has 88 valence electrons. The van der Waals surface area contributed by atoms with Crippen molar-refractivity contribution < 1.29 is 9.53 Å². The third-order valence-electron chi connectivity index (χ3n) is 2.40. The first-order chi connectivity index (χ1) is 8.31. The molecule has 0 saturated heterocycles. The SMILES string of the molecule is COC(=O)c1ccccc1CNc1cn[nH]c1. The molecule has 0 aliphatic heterocycles. The number of anilines is 1. The molecule has 2 N–H and O–H groups in total. The summed E-state index contributed by atoms with van der Waals surface area (Å²) in [5.74, 6) is -0.324. The monoisotopic (exact) mass is 231 g/mol. The molecule has 0 radical (unpaired) electrons. The maximum absolute atomic E-state index is 11.5. The van der Waals surface area contributed by atoms with Crippen LogP contribution in [-0.2, 0) is 11.3 Å². The molecule has 1 heterocycles. The van der Waals surface area contributed by atoms with Crippen LogP contribution in [0.25, 0.3) is 0 Å². The van der Waals surface area contributed by atoms with Crippen LogP contribution >= 0.6 is 0 Å². The Hall–Kier alpha value is -2.30. The Kier molecular flexibility index (Phi) is 3.40. The zero-order chi connectivity index (χ0) is 12.1. The largest absolute Gasteiger partial charge is 0.465 e. The highest BCUT2D eigenvalue weighted by Gasteiger charge is 2.10. The lowest BCUT2D eigenvalue weighted by Gasteiger charge is -2.08. The molecular weight excluding hydrogens is 218 g/mol. The van der Waals surface area contributed by atoms with Crippen molar-refractivity contribution >= 4 is 11.7 Å². The highest BCUT2D eigenvalue weighted by atomic mass is 16.5. The van der Waals surface area contributed by atoms with Crippen molar-refractivity contribution in [3.8, 4) is 0 Å². The molecule has 2 aromatic rings. The first kappa shape index (κ1) is 11.2. The molecule has 1 aromatic heterocycles. The van der Waals surface area contributed by atoms with Crippen molar-refractivity contribution in [2.24, 2.45) is 0 Å². The van der Waals surface area contributed by atoms with E-state index in [1.165, 1.54) is 7.11 Å². The van der Waals surface area contributed by atoms with Gasteiger partial charge in [-0.3, -0.25) is 5.10 Å². The molecule has 5 heteroatoms. The van der Waals surface area contributed by atoms with Crippen molar-refractivity contribution in [1.29, 1.82) is 0 Å². The van der Waals surface area contributed by atoms with Crippen LogP contribution in [0.5, 0.6) is 0 Å². The van der Waals surface area contributed by atoms with Crippen molar-refractivity contribution in [3.05, 3.63) is 47.8 Å². The van der Waals surface area contributed by atoms with Crippen LogP contribution < -0.4 is 5.32 Å².